The fourth-order valence-electron chi connectivity index (χ4n) is 3.10. The molecule has 156 valence electrons. The van der Waals surface area contributed by atoms with Crippen LogP contribution < -0.4 is 10.0 Å². The molecule has 3 aromatic carbocycles. The lowest BCUT2D eigenvalue weighted by molar-refractivity contribution is 0.102. The Balaban J connectivity index is 1.65. The first kappa shape index (κ1) is 20.4. The molecule has 0 aliphatic carbocycles. The molecule has 1 aromatic heterocycles. The molecule has 0 spiro atoms. The summed E-state index contributed by atoms with van der Waals surface area (Å²) in [7, 11) is -3.36. The van der Waals surface area contributed by atoms with Crippen molar-refractivity contribution < 1.29 is 13.2 Å². The smallest absolute Gasteiger partial charge is 0.259 e. The van der Waals surface area contributed by atoms with Gasteiger partial charge in [0.25, 0.3) is 5.91 Å². The number of carbonyl (C=O) groups excluding carboxylic acids is 1. The second-order valence-electron chi connectivity index (χ2n) is 6.94. The molecule has 7 nitrogen and oxygen atoms in total. The van der Waals surface area contributed by atoms with E-state index in [9.17, 15) is 13.2 Å². The van der Waals surface area contributed by atoms with Crippen molar-refractivity contribution in [3.8, 4) is 16.9 Å². The highest BCUT2D eigenvalue weighted by atomic mass is 32.2. The van der Waals surface area contributed by atoms with E-state index in [1.807, 2.05) is 60.7 Å². The number of nitrogens with zero attached hydrogens (tertiary/aromatic N) is 2. The molecule has 0 bridgehead atoms. The standard InChI is InChI=1S/C23H20N4O3S/c1-31(29,30)26-19-14-12-18(13-15-19)24-23(28)21-16-27(20-10-6-3-7-11-20)25-22(21)17-8-4-2-5-9-17/h2-16,26H,1H3,(H,24,28). The van der Waals surface area contributed by atoms with Gasteiger partial charge in [0, 0.05) is 23.1 Å². The highest BCUT2D eigenvalue weighted by Crippen LogP contribution is 2.25. The van der Waals surface area contributed by atoms with Crippen LogP contribution in [0.15, 0.2) is 91.1 Å². The maximum atomic E-state index is 13.1. The first-order chi connectivity index (χ1) is 14.9. The summed E-state index contributed by atoms with van der Waals surface area (Å²) < 4.78 is 26.8. The largest absolute Gasteiger partial charge is 0.322 e. The van der Waals surface area contributed by atoms with E-state index in [-0.39, 0.29) is 5.91 Å². The Morgan fingerprint density at radius 1 is 0.839 bits per heavy atom. The minimum atomic E-state index is -3.36. The number of hydrogen-bond donors (Lipinski definition) is 2. The summed E-state index contributed by atoms with van der Waals surface area (Å²) in [6.45, 7) is 0. The summed E-state index contributed by atoms with van der Waals surface area (Å²) in [6.07, 6.45) is 2.78. The Bertz CT molecular complexity index is 1300. The van der Waals surface area contributed by atoms with Gasteiger partial charge < -0.3 is 5.32 Å². The SMILES string of the molecule is CS(=O)(=O)Nc1ccc(NC(=O)c2cn(-c3ccccc3)nc2-c2ccccc2)cc1. The van der Waals surface area contributed by atoms with Crippen molar-refractivity contribution in [3.63, 3.8) is 0 Å². The van der Waals surface area contributed by atoms with Crippen LogP contribution in [0.4, 0.5) is 11.4 Å². The van der Waals surface area contributed by atoms with Gasteiger partial charge in [-0.05, 0) is 36.4 Å². The van der Waals surface area contributed by atoms with Crippen molar-refractivity contribution in [2.24, 2.45) is 0 Å². The molecule has 1 amide bonds. The number of nitrogens with one attached hydrogen (secondary N) is 2. The van der Waals surface area contributed by atoms with Crippen LogP contribution in [-0.2, 0) is 10.0 Å². The monoisotopic (exact) mass is 432 g/mol. The van der Waals surface area contributed by atoms with Crippen LogP contribution in [-0.4, -0.2) is 30.4 Å². The van der Waals surface area contributed by atoms with Crippen molar-refractivity contribution in [2.45, 2.75) is 0 Å². The van der Waals surface area contributed by atoms with Crippen LogP contribution >= 0.6 is 0 Å². The lowest BCUT2D eigenvalue weighted by Crippen LogP contribution is -2.13. The predicted molar refractivity (Wildman–Crippen MR) is 122 cm³/mol. The number of anilines is 2. The molecular formula is C23H20N4O3S. The number of sulfonamides is 1. The minimum absolute atomic E-state index is 0.315. The fraction of sp³-hybridized carbons (Fsp3) is 0.0435. The zero-order valence-corrected chi connectivity index (χ0v) is 17.5. The maximum absolute atomic E-state index is 13.1. The number of benzene rings is 3. The summed E-state index contributed by atoms with van der Waals surface area (Å²) in [5.74, 6) is -0.315. The van der Waals surface area contributed by atoms with Crippen molar-refractivity contribution >= 4 is 27.3 Å². The molecule has 31 heavy (non-hydrogen) atoms. The number of amides is 1. The molecule has 0 fully saturated rings. The third-order valence-electron chi connectivity index (χ3n) is 4.47. The van der Waals surface area contributed by atoms with Crippen molar-refractivity contribution in [1.29, 1.82) is 0 Å². The zero-order valence-electron chi connectivity index (χ0n) is 16.7. The maximum Gasteiger partial charge on any atom is 0.259 e. The van der Waals surface area contributed by atoms with Crippen molar-refractivity contribution in [1.82, 2.24) is 9.78 Å². The van der Waals surface area contributed by atoms with Gasteiger partial charge in [0.1, 0.15) is 5.69 Å². The van der Waals surface area contributed by atoms with Gasteiger partial charge in [-0.1, -0.05) is 48.5 Å². The Hall–Kier alpha value is -3.91. The first-order valence-corrected chi connectivity index (χ1v) is 11.4. The zero-order chi connectivity index (χ0) is 21.8. The molecule has 1 heterocycles. The molecule has 0 atom stereocenters. The van der Waals surface area contributed by atoms with E-state index in [4.69, 9.17) is 0 Å². The van der Waals surface area contributed by atoms with Gasteiger partial charge in [-0.2, -0.15) is 5.10 Å². The normalized spacial score (nSPS) is 11.1. The third-order valence-corrected chi connectivity index (χ3v) is 5.08. The van der Waals surface area contributed by atoms with Gasteiger partial charge in [-0.3, -0.25) is 9.52 Å². The van der Waals surface area contributed by atoms with E-state index < -0.39 is 10.0 Å². The Morgan fingerprint density at radius 3 is 2.03 bits per heavy atom. The van der Waals surface area contributed by atoms with E-state index in [0.717, 1.165) is 17.5 Å². The van der Waals surface area contributed by atoms with Crippen LogP contribution in [0.3, 0.4) is 0 Å². The van der Waals surface area contributed by atoms with E-state index in [0.29, 0.717) is 22.6 Å². The molecule has 0 unspecified atom stereocenters. The summed E-state index contributed by atoms with van der Waals surface area (Å²) in [4.78, 5) is 13.1. The van der Waals surface area contributed by atoms with Gasteiger partial charge in [-0.25, -0.2) is 13.1 Å². The van der Waals surface area contributed by atoms with Gasteiger partial charge in [0.2, 0.25) is 10.0 Å². The molecule has 4 aromatic rings. The summed E-state index contributed by atoms with van der Waals surface area (Å²) in [6, 6.07) is 25.5. The molecule has 0 aliphatic rings. The van der Waals surface area contributed by atoms with Crippen LogP contribution in [0.2, 0.25) is 0 Å². The van der Waals surface area contributed by atoms with E-state index in [1.165, 1.54) is 0 Å². The molecule has 0 radical (unpaired) electrons. The summed E-state index contributed by atoms with van der Waals surface area (Å²) in [5, 5.41) is 7.50. The number of rotatable bonds is 6. The van der Waals surface area contributed by atoms with Crippen molar-refractivity contribution in [2.75, 3.05) is 16.3 Å². The van der Waals surface area contributed by atoms with Gasteiger partial charge in [0.15, 0.2) is 0 Å². The second kappa shape index (κ2) is 8.45. The highest BCUT2D eigenvalue weighted by Gasteiger charge is 2.19. The van der Waals surface area contributed by atoms with Gasteiger partial charge in [-0.15, -0.1) is 0 Å². The Morgan fingerprint density at radius 2 is 1.42 bits per heavy atom. The highest BCUT2D eigenvalue weighted by molar-refractivity contribution is 7.92. The quantitative estimate of drug-likeness (QED) is 0.478. The molecule has 4 rings (SSSR count). The average molecular weight is 433 g/mol. The second-order valence-corrected chi connectivity index (χ2v) is 8.69. The van der Waals surface area contributed by atoms with E-state index in [2.05, 4.69) is 15.1 Å². The molecule has 8 heteroatoms. The van der Waals surface area contributed by atoms with Crippen molar-refractivity contribution in [3.05, 3.63) is 96.7 Å². The average Bonchev–Trinajstić information content (AvgIpc) is 3.21. The van der Waals surface area contributed by atoms with Crippen LogP contribution in [0, 0.1) is 0 Å². The molecule has 0 saturated carbocycles. The number of hydrogen-bond acceptors (Lipinski definition) is 4. The predicted octanol–water partition coefficient (Wildman–Crippen LogP) is 4.16. The molecule has 2 N–H and O–H groups in total. The van der Waals surface area contributed by atoms with Crippen LogP contribution in [0.5, 0.6) is 0 Å². The van der Waals surface area contributed by atoms with Crippen LogP contribution in [0.1, 0.15) is 10.4 Å². The number of aromatic nitrogens is 2. The first-order valence-electron chi connectivity index (χ1n) is 9.49. The summed E-state index contributed by atoms with van der Waals surface area (Å²) in [5.41, 5.74) is 3.62. The van der Waals surface area contributed by atoms with Crippen LogP contribution in [0.25, 0.3) is 16.9 Å². The van der Waals surface area contributed by atoms with Gasteiger partial charge in [0.05, 0.1) is 17.5 Å². The molecule has 0 aliphatic heterocycles. The number of carbonyl (C=O) groups is 1. The van der Waals surface area contributed by atoms with E-state index in [1.54, 1.807) is 35.1 Å². The fourth-order valence-corrected chi connectivity index (χ4v) is 3.66. The molecule has 0 saturated heterocycles. The lowest BCUT2D eigenvalue weighted by atomic mass is 10.1. The minimum Gasteiger partial charge on any atom is -0.322 e. The number of para-hydroxylation sites is 1. The lowest BCUT2D eigenvalue weighted by Gasteiger charge is -2.07. The van der Waals surface area contributed by atoms with Gasteiger partial charge >= 0.3 is 0 Å². The Labute approximate surface area is 180 Å². The Kier molecular flexibility index (Phi) is 5.55. The van der Waals surface area contributed by atoms with E-state index >= 15 is 0 Å². The molecular weight excluding hydrogens is 412 g/mol. The third kappa shape index (κ3) is 4.99. The topological polar surface area (TPSA) is 93.1 Å². The summed E-state index contributed by atoms with van der Waals surface area (Å²) >= 11 is 0.